The standard InChI is InChI=1S/C21H28N6O4S/c1-25(2)32(30,31)16-6-7-17-19(11-16)27(21(29)18-5-3-4-10-26(17)18)13-20(28)23-9-8-15-12-22-14-24-15/h6-7,11-12,14,18H,3-5,8-10,13H2,1-2H3,(H,22,24)(H,23,28). The number of nitrogens with one attached hydrogen (secondary N) is 2. The van der Waals surface area contributed by atoms with Gasteiger partial charge in [0.1, 0.15) is 12.6 Å². The van der Waals surface area contributed by atoms with E-state index in [9.17, 15) is 18.0 Å². The zero-order valence-corrected chi connectivity index (χ0v) is 19.1. The average Bonchev–Trinajstić information content (AvgIpc) is 3.29. The van der Waals surface area contributed by atoms with Gasteiger partial charge >= 0.3 is 0 Å². The summed E-state index contributed by atoms with van der Waals surface area (Å²) in [4.78, 5) is 36.5. The lowest BCUT2D eigenvalue weighted by Crippen LogP contribution is -2.57. The summed E-state index contributed by atoms with van der Waals surface area (Å²) >= 11 is 0. The first kappa shape index (κ1) is 22.3. The highest BCUT2D eigenvalue weighted by Crippen LogP contribution is 2.40. The fraction of sp³-hybridized carbons (Fsp3) is 0.476. The number of piperidine rings is 1. The monoisotopic (exact) mass is 460 g/mol. The van der Waals surface area contributed by atoms with Gasteiger partial charge in [-0.25, -0.2) is 17.7 Å². The lowest BCUT2D eigenvalue weighted by atomic mass is 9.96. The van der Waals surface area contributed by atoms with Crippen LogP contribution in [-0.4, -0.2) is 74.3 Å². The molecule has 3 heterocycles. The highest BCUT2D eigenvalue weighted by molar-refractivity contribution is 7.89. The van der Waals surface area contributed by atoms with Gasteiger partial charge in [0.15, 0.2) is 0 Å². The minimum Gasteiger partial charge on any atom is -0.358 e. The van der Waals surface area contributed by atoms with Crippen LogP contribution in [-0.2, 0) is 26.0 Å². The number of anilines is 2. The number of hydrogen-bond donors (Lipinski definition) is 2. The van der Waals surface area contributed by atoms with Crippen LogP contribution in [0.2, 0.25) is 0 Å². The minimum atomic E-state index is -3.68. The third kappa shape index (κ3) is 4.22. The number of aromatic nitrogens is 2. The smallest absolute Gasteiger partial charge is 0.250 e. The highest BCUT2D eigenvalue weighted by atomic mass is 32.2. The van der Waals surface area contributed by atoms with Gasteiger partial charge in [-0.2, -0.15) is 0 Å². The van der Waals surface area contributed by atoms with Crippen LogP contribution in [0, 0.1) is 0 Å². The Morgan fingerprint density at radius 2 is 2.09 bits per heavy atom. The van der Waals surface area contributed by atoms with E-state index >= 15 is 0 Å². The van der Waals surface area contributed by atoms with Crippen LogP contribution in [0.3, 0.4) is 0 Å². The molecule has 10 nitrogen and oxygen atoms in total. The van der Waals surface area contributed by atoms with Crippen LogP contribution < -0.4 is 15.1 Å². The SMILES string of the molecule is CN(C)S(=O)(=O)c1ccc2c(c1)N(CC(=O)NCCc1cnc[nH]1)C(=O)C1CCCCN21. The van der Waals surface area contributed by atoms with Gasteiger partial charge < -0.3 is 15.2 Å². The van der Waals surface area contributed by atoms with Crippen molar-refractivity contribution >= 4 is 33.2 Å². The number of benzene rings is 1. The fourth-order valence-electron chi connectivity index (χ4n) is 4.23. The van der Waals surface area contributed by atoms with Crippen LogP contribution in [0.4, 0.5) is 11.4 Å². The largest absolute Gasteiger partial charge is 0.358 e. The van der Waals surface area contributed by atoms with Gasteiger partial charge in [0, 0.05) is 45.5 Å². The molecule has 2 aliphatic rings. The topological polar surface area (TPSA) is 119 Å². The number of nitrogens with zero attached hydrogens (tertiary/aromatic N) is 4. The third-order valence-corrected chi connectivity index (χ3v) is 7.76. The summed E-state index contributed by atoms with van der Waals surface area (Å²) in [5.41, 5.74) is 2.15. The molecular weight excluding hydrogens is 432 g/mol. The molecule has 1 atom stereocenters. The molecule has 172 valence electrons. The number of carbonyl (C=O) groups excluding carboxylic acids is 2. The quantitative estimate of drug-likeness (QED) is 0.629. The number of aromatic amines is 1. The Labute approximate surface area is 187 Å². The maximum Gasteiger partial charge on any atom is 0.250 e. The molecule has 1 unspecified atom stereocenters. The van der Waals surface area contributed by atoms with Crippen LogP contribution in [0.15, 0.2) is 35.6 Å². The summed E-state index contributed by atoms with van der Waals surface area (Å²) < 4.78 is 26.5. The molecular formula is C21H28N6O4S. The van der Waals surface area contributed by atoms with Crippen molar-refractivity contribution in [1.29, 1.82) is 0 Å². The van der Waals surface area contributed by atoms with Crippen LogP contribution >= 0.6 is 0 Å². The van der Waals surface area contributed by atoms with E-state index in [-0.39, 0.29) is 29.3 Å². The minimum absolute atomic E-state index is 0.0918. The first-order chi connectivity index (χ1) is 15.3. The van der Waals surface area contributed by atoms with E-state index in [2.05, 4.69) is 15.3 Å². The summed E-state index contributed by atoms with van der Waals surface area (Å²) in [6, 6.07) is 4.49. The van der Waals surface area contributed by atoms with Crippen molar-refractivity contribution in [3.05, 3.63) is 36.4 Å². The molecule has 0 radical (unpaired) electrons. The van der Waals surface area contributed by atoms with Crippen molar-refractivity contribution in [3.63, 3.8) is 0 Å². The first-order valence-corrected chi connectivity index (χ1v) is 12.1. The normalized spacial score (nSPS) is 18.5. The molecule has 0 spiro atoms. The number of sulfonamides is 1. The molecule has 1 saturated heterocycles. The number of amides is 2. The number of hydrogen-bond acceptors (Lipinski definition) is 6. The van der Waals surface area contributed by atoms with Crippen molar-refractivity contribution in [1.82, 2.24) is 19.6 Å². The summed E-state index contributed by atoms with van der Waals surface area (Å²) in [6.07, 6.45) is 6.50. The van der Waals surface area contributed by atoms with Gasteiger partial charge in [-0.15, -0.1) is 0 Å². The molecule has 2 amide bonds. The number of imidazole rings is 1. The molecule has 1 aromatic carbocycles. The lowest BCUT2D eigenvalue weighted by Gasteiger charge is -2.45. The number of carbonyl (C=O) groups is 2. The Hall–Kier alpha value is -2.92. The van der Waals surface area contributed by atoms with Gasteiger partial charge in [-0.3, -0.25) is 14.5 Å². The van der Waals surface area contributed by atoms with Crippen LogP contribution in [0.1, 0.15) is 25.0 Å². The Kier molecular flexibility index (Phi) is 6.20. The predicted octanol–water partition coefficient (Wildman–Crippen LogP) is 0.724. The predicted molar refractivity (Wildman–Crippen MR) is 120 cm³/mol. The molecule has 4 rings (SSSR count). The second-order valence-electron chi connectivity index (χ2n) is 8.24. The van der Waals surface area contributed by atoms with Gasteiger partial charge in [-0.1, -0.05) is 0 Å². The first-order valence-electron chi connectivity index (χ1n) is 10.7. The van der Waals surface area contributed by atoms with E-state index in [1.54, 1.807) is 24.7 Å². The van der Waals surface area contributed by atoms with Crippen LogP contribution in [0.25, 0.3) is 0 Å². The summed E-state index contributed by atoms with van der Waals surface area (Å²) in [5.74, 6) is -0.464. The van der Waals surface area contributed by atoms with E-state index in [4.69, 9.17) is 0 Å². The molecule has 1 aromatic heterocycles. The molecule has 0 saturated carbocycles. The number of rotatable bonds is 7. The molecule has 2 N–H and O–H groups in total. The Morgan fingerprint density at radius 3 is 2.81 bits per heavy atom. The molecule has 1 fully saturated rings. The number of fused-ring (bicyclic) bond motifs is 3. The fourth-order valence-corrected chi connectivity index (χ4v) is 5.15. The summed E-state index contributed by atoms with van der Waals surface area (Å²) in [7, 11) is -0.754. The summed E-state index contributed by atoms with van der Waals surface area (Å²) in [6.45, 7) is 0.971. The maximum atomic E-state index is 13.3. The second kappa shape index (κ2) is 8.91. The van der Waals surface area contributed by atoms with Crippen molar-refractivity contribution in [2.24, 2.45) is 0 Å². The molecule has 32 heavy (non-hydrogen) atoms. The molecule has 0 bridgehead atoms. The van der Waals surface area contributed by atoms with Crippen molar-refractivity contribution in [2.45, 2.75) is 36.6 Å². The summed E-state index contributed by atoms with van der Waals surface area (Å²) in [5, 5.41) is 2.83. The van der Waals surface area contributed by atoms with Gasteiger partial charge in [0.2, 0.25) is 21.8 Å². The van der Waals surface area contributed by atoms with Crippen molar-refractivity contribution in [3.8, 4) is 0 Å². The number of H-pyrrole nitrogens is 1. The third-order valence-electron chi connectivity index (χ3n) is 5.95. The zero-order valence-electron chi connectivity index (χ0n) is 18.2. The maximum absolute atomic E-state index is 13.3. The average molecular weight is 461 g/mol. The molecule has 2 aliphatic heterocycles. The Morgan fingerprint density at radius 1 is 1.28 bits per heavy atom. The van der Waals surface area contributed by atoms with Crippen LogP contribution in [0.5, 0.6) is 0 Å². The van der Waals surface area contributed by atoms with E-state index in [1.165, 1.54) is 25.1 Å². The van der Waals surface area contributed by atoms with E-state index in [1.807, 2.05) is 4.90 Å². The zero-order chi connectivity index (χ0) is 22.9. The Bertz CT molecular complexity index is 1100. The van der Waals surface area contributed by atoms with Crippen molar-refractivity contribution in [2.75, 3.05) is 43.5 Å². The highest BCUT2D eigenvalue weighted by Gasteiger charge is 2.40. The van der Waals surface area contributed by atoms with Crippen molar-refractivity contribution < 1.29 is 18.0 Å². The van der Waals surface area contributed by atoms with Gasteiger partial charge in [-0.05, 0) is 37.5 Å². The van der Waals surface area contributed by atoms with E-state index in [0.717, 1.165) is 35.1 Å². The van der Waals surface area contributed by atoms with Gasteiger partial charge in [0.05, 0.1) is 22.6 Å². The van der Waals surface area contributed by atoms with E-state index < -0.39 is 10.0 Å². The van der Waals surface area contributed by atoms with E-state index in [0.29, 0.717) is 25.1 Å². The second-order valence-corrected chi connectivity index (χ2v) is 10.4. The Balaban J connectivity index is 1.60. The molecule has 11 heteroatoms. The molecule has 0 aliphatic carbocycles. The molecule has 2 aromatic rings. The lowest BCUT2D eigenvalue weighted by molar-refractivity contribution is -0.124. The van der Waals surface area contributed by atoms with Gasteiger partial charge in [0.25, 0.3) is 0 Å².